The topological polar surface area (TPSA) is 46.5 Å². The van der Waals surface area contributed by atoms with Crippen molar-refractivity contribution in [3.8, 4) is 11.5 Å². The highest BCUT2D eigenvalue weighted by atomic mass is 16.5. The van der Waals surface area contributed by atoms with Gasteiger partial charge in [0.15, 0.2) is 5.78 Å². The van der Waals surface area contributed by atoms with Gasteiger partial charge < -0.3 is 9.84 Å². The number of aromatic hydroxyl groups is 1. The lowest BCUT2D eigenvalue weighted by Crippen LogP contribution is -1.99. The first-order valence-electron chi connectivity index (χ1n) is 7.59. The molecule has 0 amide bonds. The first-order valence-corrected chi connectivity index (χ1v) is 7.59. The molecule has 0 aromatic heterocycles. The van der Waals surface area contributed by atoms with Gasteiger partial charge in [0.2, 0.25) is 0 Å². The summed E-state index contributed by atoms with van der Waals surface area (Å²) in [5.41, 5.74) is 0.400. The predicted octanol–water partition coefficient (Wildman–Crippen LogP) is 4.72. The van der Waals surface area contributed by atoms with Gasteiger partial charge in [-0.25, -0.2) is 0 Å². The fourth-order valence-electron chi connectivity index (χ4n) is 2.25. The highest BCUT2D eigenvalue weighted by molar-refractivity contribution is 5.98. The van der Waals surface area contributed by atoms with Crippen LogP contribution in [0.5, 0.6) is 11.5 Å². The molecule has 1 aromatic rings. The Bertz CT molecular complexity index is 413. The van der Waals surface area contributed by atoms with Crippen LogP contribution in [0.3, 0.4) is 0 Å². The minimum Gasteiger partial charge on any atom is -0.507 e. The Morgan fingerprint density at radius 1 is 1.10 bits per heavy atom. The maximum absolute atomic E-state index is 12.0. The summed E-state index contributed by atoms with van der Waals surface area (Å²) in [6, 6.07) is 4.83. The number of benzene rings is 1. The predicted molar refractivity (Wildman–Crippen MR) is 81.6 cm³/mol. The summed E-state index contributed by atoms with van der Waals surface area (Å²) in [5, 5.41) is 9.79. The summed E-state index contributed by atoms with van der Waals surface area (Å²) in [5.74, 6) is 0.589. The molecule has 112 valence electrons. The van der Waals surface area contributed by atoms with Crippen LogP contribution < -0.4 is 4.74 Å². The summed E-state index contributed by atoms with van der Waals surface area (Å²) >= 11 is 0. The standard InChI is InChI=1S/C17H26O3/c1-3-4-5-6-7-8-9-10-16(18)15-12-11-14(20-2)13-17(15)19/h11-13,19H,3-10H2,1-2H3. The smallest absolute Gasteiger partial charge is 0.166 e. The molecule has 0 aliphatic carbocycles. The molecule has 0 saturated heterocycles. The molecule has 0 unspecified atom stereocenters. The van der Waals surface area contributed by atoms with Crippen LogP contribution in [0.4, 0.5) is 0 Å². The normalized spacial score (nSPS) is 10.5. The average molecular weight is 278 g/mol. The molecule has 0 bridgehead atoms. The van der Waals surface area contributed by atoms with Crippen molar-refractivity contribution in [2.75, 3.05) is 7.11 Å². The third-order valence-corrected chi connectivity index (χ3v) is 3.51. The molecule has 0 spiro atoms. The van der Waals surface area contributed by atoms with Crippen molar-refractivity contribution >= 4 is 5.78 Å². The van der Waals surface area contributed by atoms with Crippen LogP contribution in [-0.4, -0.2) is 18.0 Å². The van der Waals surface area contributed by atoms with Gasteiger partial charge in [-0.05, 0) is 18.6 Å². The number of unbranched alkanes of at least 4 members (excludes halogenated alkanes) is 6. The van der Waals surface area contributed by atoms with Gasteiger partial charge in [-0.2, -0.15) is 0 Å². The molecule has 0 aliphatic rings. The highest BCUT2D eigenvalue weighted by Gasteiger charge is 2.11. The summed E-state index contributed by atoms with van der Waals surface area (Å²) in [6.07, 6.45) is 8.81. The zero-order chi connectivity index (χ0) is 14.8. The molecule has 0 saturated carbocycles. The molecule has 0 aliphatic heterocycles. The Balaban J connectivity index is 2.29. The van der Waals surface area contributed by atoms with E-state index in [-0.39, 0.29) is 11.5 Å². The number of phenols is 1. The van der Waals surface area contributed by atoms with Gasteiger partial charge in [0.05, 0.1) is 12.7 Å². The largest absolute Gasteiger partial charge is 0.507 e. The zero-order valence-electron chi connectivity index (χ0n) is 12.7. The average Bonchev–Trinajstić information content (AvgIpc) is 2.45. The van der Waals surface area contributed by atoms with Crippen molar-refractivity contribution in [2.45, 2.75) is 58.3 Å². The van der Waals surface area contributed by atoms with Crippen molar-refractivity contribution in [3.05, 3.63) is 23.8 Å². The van der Waals surface area contributed by atoms with Gasteiger partial charge in [-0.3, -0.25) is 4.79 Å². The minimum atomic E-state index is 0.0114. The second-order valence-electron chi connectivity index (χ2n) is 5.18. The number of ketones is 1. The number of carbonyl (C=O) groups is 1. The molecule has 3 nitrogen and oxygen atoms in total. The molecule has 0 radical (unpaired) electrons. The minimum absolute atomic E-state index is 0.0114. The van der Waals surface area contributed by atoms with E-state index in [0.29, 0.717) is 17.7 Å². The van der Waals surface area contributed by atoms with E-state index in [1.807, 2.05) is 0 Å². The zero-order valence-corrected chi connectivity index (χ0v) is 12.7. The fourth-order valence-corrected chi connectivity index (χ4v) is 2.25. The molecule has 1 aromatic carbocycles. The number of ether oxygens (including phenoxy) is 1. The van der Waals surface area contributed by atoms with Gasteiger partial charge >= 0.3 is 0 Å². The molecule has 1 rings (SSSR count). The van der Waals surface area contributed by atoms with E-state index in [2.05, 4.69) is 6.92 Å². The maximum Gasteiger partial charge on any atom is 0.166 e. The van der Waals surface area contributed by atoms with Crippen molar-refractivity contribution in [1.29, 1.82) is 0 Å². The van der Waals surface area contributed by atoms with Gasteiger partial charge in [0.25, 0.3) is 0 Å². The van der Waals surface area contributed by atoms with Crippen LogP contribution in [-0.2, 0) is 0 Å². The van der Waals surface area contributed by atoms with Gasteiger partial charge in [0, 0.05) is 12.5 Å². The first-order chi connectivity index (χ1) is 9.69. The summed E-state index contributed by atoms with van der Waals surface area (Å²) < 4.78 is 5.00. The quantitative estimate of drug-likeness (QED) is 0.497. The van der Waals surface area contributed by atoms with Crippen molar-refractivity contribution in [3.63, 3.8) is 0 Å². The molecular weight excluding hydrogens is 252 g/mol. The Morgan fingerprint density at radius 3 is 2.35 bits per heavy atom. The maximum atomic E-state index is 12.0. The summed E-state index contributed by atoms with van der Waals surface area (Å²) in [6.45, 7) is 2.21. The molecule has 1 N–H and O–H groups in total. The van der Waals surface area contributed by atoms with E-state index < -0.39 is 0 Å². The number of Topliss-reactive ketones (excluding diaryl/α,β-unsaturated/α-hetero) is 1. The van der Waals surface area contributed by atoms with Gasteiger partial charge in [0.1, 0.15) is 11.5 Å². The lowest BCUT2D eigenvalue weighted by molar-refractivity contribution is 0.0976. The highest BCUT2D eigenvalue weighted by Crippen LogP contribution is 2.25. The SMILES string of the molecule is CCCCCCCCCC(=O)c1ccc(OC)cc1O. The van der Waals surface area contributed by atoms with Crippen molar-refractivity contribution in [1.82, 2.24) is 0 Å². The Hall–Kier alpha value is -1.51. The van der Waals surface area contributed by atoms with Crippen LogP contribution in [0.25, 0.3) is 0 Å². The van der Waals surface area contributed by atoms with Crippen LogP contribution in [0.15, 0.2) is 18.2 Å². The molecule has 0 heterocycles. The van der Waals surface area contributed by atoms with Crippen LogP contribution in [0.1, 0.15) is 68.6 Å². The van der Waals surface area contributed by atoms with Crippen molar-refractivity contribution in [2.24, 2.45) is 0 Å². The number of hydrogen-bond donors (Lipinski definition) is 1. The number of rotatable bonds is 10. The number of carbonyl (C=O) groups excluding carboxylic acids is 1. The molecule has 0 fully saturated rings. The van der Waals surface area contributed by atoms with E-state index >= 15 is 0 Å². The molecule has 3 heteroatoms. The van der Waals surface area contributed by atoms with E-state index in [9.17, 15) is 9.90 Å². The third kappa shape index (κ3) is 5.64. The second-order valence-corrected chi connectivity index (χ2v) is 5.18. The second kappa shape index (κ2) is 9.40. The number of hydrogen-bond acceptors (Lipinski definition) is 3. The van der Waals surface area contributed by atoms with E-state index in [1.54, 1.807) is 12.1 Å². The van der Waals surface area contributed by atoms with Crippen LogP contribution in [0, 0.1) is 0 Å². The van der Waals surface area contributed by atoms with Gasteiger partial charge in [-0.1, -0.05) is 45.4 Å². The fraction of sp³-hybridized carbons (Fsp3) is 0.588. The summed E-state index contributed by atoms with van der Waals surface area (Å²) in [7, 11) is 1.54. The van der Waals surface area contributed by atoms with E-state index in [1.165, 1.54) is 45.3 Å². The molecular formula is C17H26O3. The van der Waals surface area contributed by atoms with Crippen LogP contribution >= 0.6 is 0 Å². The molecule has 0 atom stereocenters. The Labute approximate surface area is 122 Å². The number of methoxy groups -OCH3 is 1. The lowest BCUT2D eigenvalue weighted by atomic mass is 10.0. The Morgan fingerprint density at radius 2 is 1.75 bits per heavy atom. The Kier molecular flexibility index (Phi) is 7.78. The van der Waals surface area contributed by atoms with E-state index in [4.69, 9.17) is 4.74 Å². The first kappa shape index (κ1) is 16.5. The van der Waals surface area contributed by atoms with Crippen molar-refractivity contribution < 1.29 is 14.6 Å². The van der Waals surface area contributed by atoms with Crippen LogP contribution in [0.2, 0.25) is 0 Å². The third-order valence-electron chi connectivity index (χ3n) is 3.51. The number of phenolic OH excluding ortho intramolecular Hbond substituents is 1. The summed E-state index contributed by atoms with van der Waals surface area (Å²) in [4.78, 5) is 12.0. The van der Waals surface area contributed by atoms with E-state index in [0.717, 1.165) is 12.8 Å². The monoisotopic (exact) mass is 278 g/mol. The molecule has 20 heavy (non-hydrogen) atoms. The lowest BCUT2D eigenvalue weighted by Gasteiger charge is -2.06. The van der Waals surface area contributed by atoms with Gasteiger partial charge in [-0.15, -0.1) is 0 Å².